The lowest BCUT2D eigenvalue weighted by Crippen LogP contribution is -2.28. The van der Waals surface area contributed by atoms with E-state index in [0.717, 1.165) is 0 Å². The highest BCUT2D eigenvalue weighted by Gasteiger charge is 2.16. The third-order valence-corrected chi connectivity index (χ3v) is 4.07. The summed E-state index contributed by atoms with van der Waals surface area (Å²) in [5.74, 6) is 1.11. The molecule has 3 aromatic rings. The van der Waals surface area contributed by atoms with E-state index in [1.54, 1.807) is 60.8 Å². The lowest BCUT2D eigenvalue weighted by molar-refractivity contribution is -0.127. The molecule has 0 aliphatic rings. The highest BCUT2D eigenvalue weighted by molar-refractivity contribution is 5.91. The van der Waals surface area contributed by atoms with Crippen LogP contribution in [0.1, 0.15) is 24.0 Å². The number of rotatable bonds is 10. The molecule has 0 radical (unpaired) electrons. The quantitative estimate of drug-likeness (QED) is 0.429. The average Bonchev–Trinajstić information content (AvgIpc) is 3.41. The number of amides is 1. The van der Waals surface area contributed by atoms with Gasteiger partial charge in [-0.05, 0) is 55.0 Å². The van der Waals surface area contributed by atoms with Gasteiger partial charge in [-0.1, -0.05) is 6.07 Å². The van der Waals surface area contributed by atoms with Gasteiger partial charge in [-0.25, -0.2) is 0 Å². The Balaban J connectivity index is 1.75. The number of furan rings is 2. The van der Waals surface area contributed by atoms with Gasteiger partial charge in [-0.3, -0.25) is 4.79 Å². The molecule has 30 heavy (non-hydrogen) atoms. The van der Waals surface area contributed by atoms with Crippen LogP contribution in [-0.2, 0) is 17.9 Å². The maximum Gasteiger partial charge on any atom is 0.387 e. The van der Waals surface area contributed by atoms with Crippen LogP contribution in [0.4, 0.5) is 8.78 Å². The number of carbonyl (C=O) groups excluding carboxylic acids is 1. The normalized spacial score (nSPS) is 11.2. The Morgan fingerprint density at radius 3 is 2.27 bits per heavy atom. The van der Waals surface area contributed by atoms with Crippen molar-refractivity contribution < 1.29 is 31.9 Å². The zero-order chi connectivity index (χ0) is 21.3. The van der Waals surface area contributed by atoms with Crippen LogP contribution in [0.25, 0.3) is 6.08 Å². The van der Waals surface area contributed by atoms with Crippen molar-refractivity contribution in [3.63, 3.8) is 0 Å². The highest BCUT2D eigenvalue weighted by atomic mass is 19.3. The van der Waals surface area contributed by atoms with Crippen molar-refractivity contribution in [2.75, 3.05) is 6.61 Å². The molecule has 3 rings (SSSR count). The maximum atomic E-state index is 12.8. The number of benzene rings is 1. The monoisotopic (exact) mass is 417 g/mol. The summed E-state index contributed by atoms with van der Waals surface area (Å²) < 4.78 is 45.6. The second kappa shape index (κ2) is 10.3. The Morgan fingerprint density at radius 1 is 1.07 bits per heavy atom. The molecule has 0 saturated heterocycles. The lowest BCUT2D eigenvalue weighted by Gasteiger charge is -2.18. The molecule has 8 heteroatoms. The number of ether oxygens (including phenoxy) is 2. The number of carbonyl (C=O) groups is 1. The zero-order valence-corrected chi connectivity index (χ0v) is 16.3. The molecule has 0 atom stereocenters. The molecule has 6 nitrogen and oxygen atoms in total. The molecule has 2 heterocycles. The SMILES string of the molecule is CCOc1cc(/C=C/C(=O)N(Cc2ccco2)Cc2ccco2)ccc1OC(F)F. The molecule has 1 aromatic carbocycles. The van der Waals surface area contributed by atoms with Crippen LogP contribution >= 0.6 is 0 Å². The maximum absolute atomic E-state index is 12.8. The van der Waals surface area contributed by atoms with Crippen molar-refractivity contribution in [2.24, 2.45) is 0 Å². The molecule has 0 aliphatic carbocycles. The number of halogens is 2. The minimum Gasteiger partial charge on any atom is -0.490 e. The lowest BCUT2D eigenvalue weighted by atomic mass is 10.2. The smallest absolute Gasteiger partial charge is 0.387 e. The van der Waals surface area contributed by atoms with E-state index >= 15 is 0 Å². The summed E-state index contributed by atoms with van der Waals surface area (Å²) >= 11 is 0. The Labute approximate surface area is 172 Å². The first-order valence-corrected chi connectivity index (χ1v) is 9.28. The average molecular weight is 417 g/mol. The summed E-state index contributed by atoms with van der Waals surface area (Å²) in [6.45, 7) is -0.404. The fourth-order valence-electron chi connectivity index (χ4n) is 2.76. The van der Waals surface area contributed by atoms with E-state index in [1.807, 2.05) is 0 Å². The topological polar surface area (TPSA) is 65.0 Å². The van der Waals surface area contributed by atoms with Gasteiger partial charge in [0.2, 0.25) is 5.91 Å². The van der Waals surface area contributed by atoms with Crippen molar-refractivity contribution in [1.29, 1.82) is 0 Å². The van der Waals surface area contributed by atoms with Gasteiger partial charge in [0, 0.05) is 6.08 Å². The summed E-state index contributed by atoms with van der Waals surface area (Å²) in [4.78, 5) is 14.4. The van der Waals surface area contributed by atoms with Crippen molar-refractivity contribution in [1.82, 2.24) is 4.90 Å². The van der Waals surface area contributed by atoms with Gasteiger partial charge in [0.25, 0.3) is 0 Å². The number of alkyl halides is 2. The molecule has 0 saturated carbocycles. The van der Waals surface area contributed by atoms with Crippen molar-refractivity contribution >= 4 is 12.0 Å². The summed E-state index contributed by atoms with van der Waals surface area (Å²) in [5, 5.41) is 0. The first-order chi connectivity index (χ1) is 14.5. The minimum absolute atomic E-state index is 0.0624. The van der Waals surface area contributed by atoms with Gasteiger partial charge >= 0.3 is 6.61 Å². The molecule has 158 valence electrons. The van der Waals surface area contributed by atoms with Crippen LogP contribution in [0.15, 0.2) is 69.9 Å². The van der Waals surface area contributed by atoms with E-state index < -0.39 is 6.61 Å². The minimum atomic E-state index is -2.95. The third kappa shape index (κ3) is 5.97. The predicted molar refractivity (Wildman–Crippen MR) is 105 cm³/mol. The van der Waals surface area contributed by atoms with E-state index in [2.05, 4.69) is 4.74 Å². The van der Waals surface area contributed by atoms with Crippen LogP contribution in [0.3, 0.4) is 0 Å². The molecule has 1 amide bonds. The van der Waals surface area contributed by atoms with Crippen molar-refractivity contribution in [3.05, 3.63) is 78.2 Å². The van der Waals surface area contributed by atoms with Crippen LogP contribution in [0.5, 0.6) is 11.5 Å². The van der Waals surface area contributed by atoms with Gasteiger partial charge in [-0.2, -0.15) is 8.78 Å². The van der Waals surface area contributed by atoms with Crippen molar-refractivity contribution in [3.8, 4) is 11.5 Å². The molecule has 0 aliphatic heterocycles. The van der Waals surface area contributed by atoms with Gasteiger partial charge < -0.3 is 23.2 Å². The summed E-state index contributed by atoms with van der Waals surface area (Å²) in [6, 6.07) is 11.5. The Hall–Kier alpha value is -3.55. The predicted octanol–water partition coefficient (Wildman–Crippen LogP) is 5.11. The molecule has 0 bridgehead atoms. The van der Waals surface area contributed by atoms with E-state index in [1.165, 1.54) is 18.2 Å². The largest absolute Gasteiger partial charge is 0.490 e. The Bertz CT molecular complexity index is 916. The molecule has 0 unspecified atom stereocenters. The Kier molecular flexibility index (Phi) is 7.26. The molecular formula is C22H21F2NO5. The van der Waals surface area contributed by atoms with E-state index in [-0.39, 0.29) is 37.1 Å². The van der Waals surface area contributed by atoms with E-state index in [0.29, 0.717) is 17.1 Å². The molecule has 2 aromatic heterocycles. The molecule has 0 spiro atoms. The zero-order valence-electron chi connectivity index (χ0n) is 16.3. The van der Waals surface area contributed by atoms with Crippen LogP contribution in [0, 0.1) is 0 Å². The summed E-state index contributed by atoms with van der Waals surface area (Å²) in [7, 11) is 0. The highest BCUT2D eigenvalue weighted by Crippen LogP contribution is 2.30. The Morgan fingerprint density at radius 2 is 1.73 bits per heavy atom. The summed E-state index contributed by atoms with van der Waals surface area (Å²) in [6.07, 6.45) is 6.05. The van der Waals surface area contributed by atoms with Gasteiger partial charge in [0.05, 0.1) is 32.2 Å². The molecule has 0 N–H and O–H groups in total. The number of hydrogen-bond acceptors (Lipinski definition) is 5. The van der Waals surface area contributed by atoms with Gasteiger partial charge in [0.15, 0.2) is 11.5 Å². The van der Waals surface area contributed by atoms with Crippen molar-refractivity contribution in [2.45, 2.75) is 26.6 Å². The first kappa shape index (κ1) is 21.2. The number of nitrogens with zero attached hydrogens (tertiary/aromatic N) is 1. The van der Waals surface area contributed by atoms with Gasteiger partial charge in [0.1, 0.15) is 11.5 Å². The van der Waals surface area contributed by atoms with Crippen LogP contribution < -0.4 is 9.47 Å². The number of hydrogen-bond donors (Lipinski definition) is 0. The molecule has 0 fully saturated rings. The van der Waals surface area contributed by atoms with Crippen LogP contribution in [0.2, 0.25) is 0 Å². The fraction of sp³-hybridized carbons (Fsp3) is 0.227. The van der Waals surface area contributed by atoms with Gasteiger partial charge in [-0.15, -0.1) is 0 Å². The second-order valence-electron chi connectivity index (χ2n) is 6.20. The first-order valence-electron chi connectivity index (χ1n) is 9.28. The summed E-state index contributed by atoms with van der Waals surface area (Å²) in [5.41, 5.74) is 0.601. The fourth-order valence-corrected chi connectivity index (χ4v) is 2.76. The second-order valence-corrected chi connectivity index (χ2v) is 6.20. The third-order valence-electron chi connectivity index (χ3n) is 4.07. The standard InChI is InChI=1S/C22H21F2NO5/c1-2-27-20-13-16(7-9-19(20)30-22(23)24)8-10-21(26)25(14-17-5-3-11-28-17)15-18-6-4-12-29-18/h3-13,22H,2,14-15H2,1H3/b10-8+. The van der Waals surface area contributed by atoms with E-state index in [9.17, 15) is 13.6 Å². The van der Waals surface area contributed by atoms with E-state index in [4.69, 9.17) is 13.6 Å². The molecular weight excluding hydrogens is 396 g/mol. The van der Waals surface area contributed by atoms with Crippen LogP contribution in [-0.4, -0.2) is 24.0 Å².